The quantitative estimate of drug-likeness (QED) is 0.851. The van der Waals surface area contributed by atoms with Gasteiger partial charge in [-0.15, -0.1) is 0 Å². The van der Waals surface area contributed by atoms with Crippen molar-refractivity contribution in [3.8, 4) is 0 Å². The molecule has 0 spiro atoms. The fourth-order valence-corrected chi connectivity index (χ4v) is 2.39. The highest BCUT2D eigenvalue weighted by molar-refractivity contribution is 6.33. The Morgan fingerprint density at radius 1 is 1.37 bits per heavy atom. The number of hydrogen-bond acceptors (Lipinski definition) is 6. The van der Waals surface area contributed by atoms with Crippen LogP contribution in [-0.2, 0) is 0 Å². The van der Waals surface area contributed by atoms with Crippen LogP contribution in [0.3, 0.4) is 0 Å². The fraction of sp³-hybridized carbons (Fsp3) is 0.667. The Hall–Kier alpha value is -1.11. The van der Waals surface area contributed by atoms with Crippen LogP contribution in [0.4, 0.5) is 11.8 Å². The average Bonchev–Trinajstić information content (AvgIpc) is 2.35. The van der Waals surface area contributed by atoms with Crippen molar-refractivity contribution in [2.24, 2.45) is 0 Å². The summed E-state index contributed by atoms with van der Waals surface area (Å²) in [7, 11) is 4.28. The van der Waals surface area contributed by atoms with Crippen LogP contribution in [0.15, 0.2) is 0 Å². The Labute approximate surface area is 118 Å². The highest BCUT2D eigenvalue weighted by Crippen LogP contribution is 2.23. The first-order valence-corrected chi connectivity index (χ1v) is 6.77. The molecule has 1 aromatic rings. The largest absolute Gasteiger partial charge is 0.368 e. The minimum atomic E-state index is 0.249. The van der Waals surface area contributed by atoms with Gasteiger partial charge in [0.25, 0.3) is 0 Å². The molecule has 19 heavy (non-hydrogen) atoms. The van der Waals surface area contributed by atoms with Gasteiger partial charge in [-0.05, 0) is 21.0 Å². The molecule has 1 aromatic heterocycles. The Morgan fingerprint density at radius 3 is 2.84 bits per heavy atom. The molecule has 0 aromatic carbocycles. The molecule has 1 fully saturated rings. The lowest BCUT2D eigenvalue weighted by atomic mass is 10.2. The maximum atomic E-state index is 6.18. The minimum absolute atomic E-state index is 0.249. The molecule has 0 radical (unpaired) electrons. The van der Waals surface area contributed by atoms with Crippen molar-refractivity contribution in [3.63, 3.8) is 0 Å². The zero-order valence-electron chi connectivity index (χ0n) is 11.6. The van der Waals surface area contributed by atoms with E-state index in [1.165, 1.54) is 0 Å². The summed E-state index contributed by atoms with van der Waals surface area (Å²) in [4.78, 5) is 12.9. The molecule has 106 valence electrons. The Balaban J connectivity index is 2.02. The van der Waals surface area contributed by atoms with Gasteiger partial charge in [-0.25, -0.2) is 4.98 Å². The molecule has 7 heteroatoms. The summed E-state index contributed by atoms with van der Waals surface area (Å²) >= 11 is 6.18. The highest BCUT2D eigenvalue weighted by Gasteiger charge is 2.22. The summed E-state index contributed by atoms with van der Waals surface area (Å²) in [6, 6.07) is 0.436. The monoisotopic (exact) mass is 284 g/mol. The number of hydrogen-bond donors (Lipinski definition) is 2. The molecule has 0 saturated carbocycles. The third kappa shape index (κ3) is 3.46. The number of likely N-dealkylation sites (N-methyl/N-ethyl adjacent to an activating group) is 2. The summed E-state index contributed by atoms with van der Waals surface area (Å²) in [5.41, 5.74) is 6.35. The number of anilines is 2. The van der Waals surface area contributed by atoms with E-state index in [0.717, 1.165) is 26.2 Å². The summed E-state index contributed by atoms with van der Waals surface area (Å²) in [6.07, 6.45) is 0. The average molecular weight is 285 g/mol. The minimum Gasteiger partial charge on any atom is -0.368 e. The van der Waals surface area contributed by atoms with E-state index in [9.17, 15) is 0 Å². The van der Waals surface area contributed by atoms with Crippen molar-refractivity contribution in [3.05, 3.63) is 10.7 Å². The number of nitrogens with zero attached hydrogens (tertiary/aromatic N) is 4. The molecule has 1 unspecified atom stereocenters. The summed E-state index contributed by atoms with van der Waals surface area (Å²) in [5.74, 6) is 0.867. The molecule has 6 nitrogen and oxygen atoms in total. The zero-order valence-corrected chi connectivity index (χ0v) is 12.4. The van der Waals surface area contributed by atoms with Crippen molar-refractivity contribution in [1.29, 1.82) is 0 Å². The second kappa shape index (κ2) is 5.90. The van der Waals surface area contributed by atoms with Crippen LogP contribution in [0.2, 0.25) is 5.02 Å². The van der Waals surface area contributed by atoms with Crippen molar-refractivity contribution in [2.45, 2.75) is 13.0 Å². The maximum Gasteiger partial charge on any atom is 0.222 e. The van der Waals surface area contributed by atoms with Gasteiger partial charge in [-0.2, -0.15) is 4.98 Å². The van der Waals surface area contributed by atoms with Crippen LogP contribution in [0, 0.1) is 6.92 Å². The van der Waals surface area contributed by atoms with Gasteiger partial charge in [0.15, 0.2) is 5.82 Å². The van der Waals surface area contributed by atoms with Crippen molar-refractivity contribution < 1.29 is 0 Å². The van der Waals surface area contributed by atoms with E-state index in [0.29, 0.717) is 22.6 Å². The maximum absolute atomic E-state index is 6.18. The van der Waals surface area contributed by atoms with Gasteiger partial charge in [0, 0.05) is 32.2 Å². The normalized spacial score (nSPS) is 21.6. The lowest BCUT2D eigenvalue weighted by Crippen LogP contribution is -2.52. The Bertz CT molecular complexity index is 452. The third-order valence-electron chi connectivity index (χ3n) is 3.52. The zero-order chi connectivity index (χ0) is 14.0. The molecule has 1 atom stereocenters. The SMILES string of the molecule is Cc1nc(N)nc(NCC2CN(C)CCN2C)c1Cl. The van der Waals surface area contributed by atoms with Crippen LogP contribution < -0.4 is 11.1 Å². The molecular formula is C12H21ClN6. The number of aryl methyl sites for hydroxylation is 1. The molecule has 0 amide bonds. The number of nitrogens with two attached hydrogens (primary N) is 1. The molecule has 3 N–H and O–H groups in total. The number of nitrogen functional groups attached to an aromatic ring is 1. The van der Waals surface area contributed by atoms with Crippen LogP contribution in [-0.4, -0.2) is 66.1 Å². The standard InChI is InChI=1S/C12H21ClN6/c1-8-10(13)11(17-12(14)16-8)15-6-9-7-18(2)4-5-19(9)3/h9H,4-7H2,1-3H3,(H3,14,15,16,17). The van der Waals surface area contributed by atoms with Crippen LogP contribution in [0.1, 0.15) is 5.69 Å². The number of rotatable bonds is 3. The highest BCUT2D eigenvalue weighted by atomic mass is 35.5. The van der Waals surface area contributed by atoms with Gasteiger partial charge >= 0.3 is 0 Å². The molecule has 1 aliphatic rings. The first kappa shape index (κ1) is 14.3. The van der Waals surface area contributed by atoms with Gasteiger partial charge in [-0.1, -0.05) is 11.6 Å². The Kier molecular flexibility index (Phi) is 4.44. The van der Waals surface area contributed by atoms with Gasteiger partial charge in [0.05, 0.1) is 5.69 Å². The summed E-state index contributed by atoms with van der Waals surface area (Å²) < 4.78 is 0. The summed E-state index contributed by atoms with van der Waals surface area (Å²) in [6.45, 7) is 5.82. The molecule has 0 aliphatic carbocycles. The number of nitrogens with one attached hydrogen (secondary N) is 1. The van der Waals surface area contributed by atoms with Crippen molar-refractivity contribution >= 4 is 23.4 Å². The van der Waals surface area contributed by atoms with Gasteiger partial charge in [0.1, 0.15) is 5.02 Å². The second-order valence-corrected chi connectivity index (χ2v) is 5.49. The van der Waals surface area contributed by atoms with E-state index in [2.05, 4.69) is 39.2 Å². The fourth-order valence-electron chi connectivity index (χ4n) is 2.23. The molecule has 1 aliphatic heterocycles. The first-order valence-electron chi connectivity index (χ1n) is 6.39. The van der Waals surface area contributed by atoms with E-state index in [4.69, 9.17) is 17.3 Å². The number of piperazine rings is 1. The molecular weight excluding hydrogens is 264 g/mol. The topological polar surface area (TPSA) is 70.3 Å². The molecule has 1 saturated heterocycles. The third-order valence-corrected chi connectivity index (χ3v) is 3.97. The molecule has 0 bridgehead atoms. The van der Waals surface area contributed by atoms with E-state index in [1.807, 2.05) is 6.92 Å². The van der Waals surface area contributed by atoms with Crippen LogP contribution >= 0.6 is 11.6 Å². The van der Waals surface area contributed by atoms with E-state index >= 15 is 0 Å². The van der Waals surface area contributed by atoms with Crippen molar-refractivity contribution in [1.82, 2.24) is 19.8 Å². The van der Waals surface area contributed by atoms with E-state index < -0.39 is 0 Å². The van der Waals surface area contributed by atoms with Gasteiger partial charge < -0.3 is 16.0 Å². The van der Waals surface area contributed by atoms with Crippen molar-refractivity contribution in [2.75, 3.05) is 51.3 Å². The Morgan fingerprint density at radius 2 is 2.11 bits per heavy atom. The predicted octanol–water partition coefficient (Wildman–Crippen LogP) is 0.678. The van der Waals surface area contributed by atoms with E-state index in [1.54, 1.807) is 0 Å². The first-order chi connectivity index (χ1) is 8.97. The van der Waals surface area contributed by atoms with E-state index in [-0.39, 0.29) is 5.95 Å². The molecule has 2 rings (SSSR count). The number of aromatic nitrogens is 2. The molecule has 2 heterocycles. The van der Waals surface area contributed by atoms with Gasteiger partial charge in [0.2, 0.25) is 5.95 Å². The van der Waals surface area contributed by atoms with Crippen LogP contribution in [0.25, 0.3) is 0 Å². The van der Waals surface area contributed by atoms with Crippen LogP contribution in [0.5, 0.6) is 0 Å². The summed E-state index contributed by atoms with van der Waals surface area (Å²) in [5, 5.41) is 3.83. The van der Waals surface area contributed by atoms with Gasteiger partial charge in [-0.3, -0.25) is 4.90 Å². The smallest absolute Gasteiger partial charge is 0.222 e. The lowest BCUT2D eigenvalue weighted by molar-refractivity contribution is 0.122. The lowest BCUT2D eigenvalue weighted by Gasteiger charge is -2.37. The predicted molar refractivity (Wildman–Crippen MR) is 78.6 cm³/mol. The second-order valence-electron chi connectivity index (χ2n) is 5.11. The number of halogens is 1.